The molecule has 0 radical (unpaired) electrons. The van der Waals surface area contributed by atoms with Crippen LogP contribution >= 0.6 is 0 Å². The van der Waals surface area contributed by atoms with E-state index < -0.39 is 0 Å². The van der Waals surface area contributed by atoms with Gasteiger partial charge in [0.25, 0.3) is 0 Å². The Bertz CT molecular complexity index is 519. The van der Waals surface area contributed by atoms with Gasteiger partial charge in [0, 0.05) is 0 Å². The zero-order valence-corrected chi connectivity index (χ0v) is 17.7. The number of hydrogen-bond acceptors (Lipinski definition) is 2. The minimum Gasteiger partial charge on any atom is -0.462 e. The maximum atomic E-state index is 12.0. The Morgan fingerprint density at radius 1 is 0.815 bits per heavy atom. The summed E-state index contributed by atoms with van der Waals surface area (Å²) in [6.07, 6.45) is 21.9. The Kier molecular flexibility index (Phi) is 14.4. The van der Waals surface area contributed by atoms with E-state index in [1.807, 2.05) is 31.2 Å². The Balaban J connectivity index is 2.06. The second-order valence-electron chi connectivity index (χ2n) is 7.39. The third kappa shape index (κ3) is 11.7. The molecule has 152 valence electrons. The van der Waals surface area contributed by atoms with Gasteiger partial charge in [-0.15, -0.1) is 0 Å². The average molecular weight is 373 g/mol. The molecule has 0 saturated heterocycles. The topological polar surface area (TPSA) is 26.3 Å². The summed E-state index contributed by atoms with van der Waals surface area (Å²) in [7, 11) is 0. The van der Waals surface area contributed by atoms with E-state index in [1.165, 1.54) is 77.0 Å². The molecule has 2 nitrogen and oxygen atoms in total. The Morgan fingerprint density at radius 3 is 1.96 bits per heavy atom. The second-order valence-corrected chi connectivity index (χ2v) is 7.39. The molecular weight excluding hydrogens is 332 g/mol. The van der Waals surface area contributed by atoms with E-state index in [4.69, 9.17) is 4.74 Å². The van der Waals surface area contributed by atoms with Gasteiger partial charge >= 0.3 is 5.97 Å². The van der Waals surface area contributed by atoms with Gasteiger partial charge in [-0.2, -0.15) is 0 Å². The standard InChI is InChI=1S/C25H40O2/c1-3-5-6-7-8-9-10-11-12-13-14-15-16-17-20-23-21-18-19-22-24(23)25(26)27-4-2/h17-22H,3-16H2,1-2H3/b20-17+. The molecule has 0 fully saturated rings. The maximum Gasteiger partial charge on any atom is 0.338 e. The number of hydrogen-bond donors (Lipinski definition) is 0. The first kappa shape index (κ1) is 23.5. The first-order valence-corrected chi connectivity index (χ1v) is 11.2. The smallest absolute Gasteiger partial charge is 0.338 e. The van der Waals surface area contributed by atoms with Crippen LogP contribution in [0.3, 0.4) is 0 Å². The molecule has 0 bridgehead atoms. The number of carbonyl (C=O) groups is 1. The Hall–Kier alpha value is -1.57. The molecule has 0 heterocycles. The number of carbonyl (C=O) groups excluding carboxylic acids is 1. The van der Waals surface area contributed by atoms with Crippen LogP contribution < -0.4 is 0 Å². The lowest BCUT2D eigenvalue weighted by atomic mass is 10.0. The van der Waals surface area contributed by atoms with Crippen molar-refractivity contribution >= 4 is 12.0 Å². The normalized spacial score (nSPS) is 11.2. The van der Waals surface area contributed by atoms with Crippen LogP contribution in [0, 0.1) is 0 Å². The molecule has 0 atom stereocenters. The van der Waals surface area contributed by atoms with Crippen LogP contribution in [0.1, 0.15) is 113 Å². The third-order valence-electron chi connectivity index (χ3n) is 4.98. The van der Waals surface area contributed by atoms with Crippen molar-refractivity contribution in [3.8, 4) is 0 Å². The van der Waals surface area contributed by atoms with Gasteiger partial charge in [-0.3, -0.25) is 0 Å². The summed E-state index contributed by atoms with van der Waals surface area (Å²) in [5.74, 6) is -0.233. The SMILES string of the molecule is CCCCCCCCCCCCCC/C=C/c1ccccc1C(=O)OCC. The monoisotopic (exact) mass is 372 g/mol. The van der Waals surface area contributed by atoms with Crippen LogP contribution in [0.25, 0.3) is 6.08 Å². The quantitative estimate of drug-likeness (QED) is 0.217. The van der Waals surface area contributed by atoms with Crippen LogP contribution in [0.4, 0.5) is 0 Å². The molecular formula is C25H40O2. The number of unbranched alkanes of at least 4 members (excludes halogenated alkanes) is 12. The molecule has 1 rings (SSSR count). The van der Waals surface area contributed by atoms with Crippen LogP contribution in [-0.2, 0) is 4.74 Å². The lowest BCUT2D eigenvalue weighted by Crippen LogP contribution is -2.06. The van der Waals surface area contributed by atoms with Crippen LogP contribution in [0.5, 0.6) is 0 Å². The van der Waals surface area contributed by atoms with Crippen molar-refractivity contribution < 1.29 is 9.53 Å². The van der Waals surface area contributed by atoms with Crippen molar-refractivity contribution in [1.29, 1.82) is 0 Å². The summed E-state index contributed by atoms with van der Waals surface area (Å²) < 4.78 is 5.12. The van der Waals surface area contributed by atoms with Crippen molar-refractivity contribution in [2.45, 2.75) is 97.3 Å². The second kappa shape index (κ2) is 16.6. The highest BCUT2D eigenvalue weighted by molar-refractivity contribution is 5.93. The van der Waals surface area contributed by atoms with Crippen LogP contribution in [0.2, 0.25) is 0 Å². The average Bonchev–Trinajstić information content (AvgIpc) is 2.68. The number of rotatable bonds is 16. The molecule has 2 heteroatoms. The zero-order valence-electron chi connectivity index (χ0n) is 17.7. The molecule has 0 aliphatic heterocycles. The largest absolute Gasteiger partial charge is 0.462 e. The fourth-order valence-corrected chi connectivity index (χ4v) is 3.35. The summed E-state index contributed by atoms with van der Waals surface area (Å²) >= 11 is 0. The van der Waals surface area contributed by atoms with E-state index in [-0.39, 0.29) is 5.97 Å². The maximum absolute atomic E-state index is 12.0. The number of benzene rings is 1. The molecule has 0 unspecified atom stereocenters. The molecule has 27 heavy (non-hydrogen) atoms. The van der Waals surface area contributed by atoms with Gasteiger partial charge in [-0.1, -0.05) is 108 Å². The molecule has 0 amide bonds. The molecule has 1 aromatic carbocycles. The summed E-state index contributed by atoms with van der Waals surface area (Å²) in [6.45, 7) is 4.53. The van der Waals surface area contributed by atoms with Crippen molar-refractivity contribution in [3.05, 3.63) is 41.5 Å². The number of allylic oxidation sites excluding steroid dienone is 1. The van der Waals surface area contributed by atoms with E-state index in [2.05, 4.69) is 19.1 Å². The highest BCUT2D eigenvalue weighted by Gasteiger charge is 2.09. The Labute approximate surface area is 167 Å². The predicted molar refractivity (Wildman–Crippen MR) is 117 cm³/mol. The number of esters is 1. The van der Waals surface area contributed by atoms with Crippen LogP contribution in [0.15, 0.2) is 30.3 Å². The lowest BCUT2D eigenvalue weighted by Gasteiger charge is -2.05. The summed E-state index contributed by atoms with van der Waals surface area (Å²) in [6, 6.07) is 7.66. The highest BCUT2D eigenvalue weighted by Crippen LogP contribution is 2.15. The minimum atomic E-state index is -0.233. The van der Waals surface area contributed by atoms with Crippen molar-refractivity contribution in [1.82, 2.24) is 0 Å². The minimum absolute atomic E-state index is 0.233. The molecule has 0 aliphatic rings. The highest BCUT2D eigenvalue weighted by atomic mass is 16.5. The summed E-state index contributed by atoms with van der Waals surface area (Å²) in [4.78, 5) is 12.0. The van der Waals surface area contributed by atoms with E-state index in [0.717, 1.165) is 12.0 Å². The molecule has 0 spiro atoms. The fraction of sp³-hybridized carbons (Fsp3) is 0.640. The zero-order chi connectivity index (χ0) is 19.6. The van der Waals surface area contributed by atoms with Gasteiger partial charge in [-0.05, 0) is 31.4 Å². The fourth-order valence-electron chi connectivity index (χ4n) is 3.35. The molecule has 0 aliphatic carbocycles. The predicted octanol–water partition coefficient (Wildman–Crippen LogP) is 7.97. The van der Waals surface area contributed by atoms with Crippen molar-refractivity contribution in [2.75, 3.05) is 6.61 Å². The summed E-state index contributed by atoms with van der Waals surface area (Å²) in [5, 5.41) is 0. The molecule has 1 aromatic rings. The van der Waals surface area contributed by atoms with Crippen molar-refractivity contribution in [3.63, 3.8) is 0 Å². The van der Waals surface area contributed by atoms with Gasteiger partial charge < -0.3 is 4.74 Å². The van der Waals surface area contributed by atoms with Crippen molar-refractivity contribution in [2.24, 2.45) is 0 Å². The van der Waals surface area contributed by atoms with E-state index in [0.29, 0.717) is 12.2 Å². The lowest BCUT2D eigenvalue weighted by molar-refractivity contribution is 0.0526. The first-order chi connectivity index (χ1) is 13.3. The molecule has 0 saturated carbocycles. The van der Waals surface area contributed by atoms with Gasteiger partial charge in [0.05, 0.1) is 12.2 Å². The Morgan fingerprint density at radius 2 is 1.37 bits per heavy atom. The number of ether oxygens (including phenoxy) is 1. The van der Waals surface area contributed by atoms with Gasteiger partial charge in [-0.25, -0.2) is 4.79 Å². The van der Waals surface area contributed by atoms with E-state index in [1.54, 1.807) is 0 Å². The van der Waals surface area contributed by atoms with Gasteiger partial charge in [0.2, 0.25) is 0 Å². The van der Waals surface area contributed by atoms with Gasteiger partial charge in [0.15, 0.2) is 0 Å². The van der Waals surface area contributed by atoms with E-state index in [9.17, 15) is 4.79 Å². The first-order valence-electron chi connectivity index (χ1n) is 11.2. The summed E-state index contributed by atoms with van der Waals surface area (Å²) in [5.41, 5.74) is 1.61. The molecule has 0 aromatic heterocycles. The molecule has 0 N–H and O–H groups in total. The van der Waals surface area contributed by atoms with Crippen LogP contribution in [-0.4, -0.2) is 12.6 Å². The van der Waals surface area contributed by atoms with E-state index >= 15 is 0 Å². The third-order valence-corrected chi connectivity index (χ3v) is 4.98. The van der Waals surface area contributed by atoms with Gasteiger partial charge in [0.1, 0.15) is 0 Å².